The maximum atomic E-state index is 15.7. The van der Waals surface area contributed by atoms with E-state index in [2.05, 4.69) is 19.1 Å². The molecule has 0 N–H and O–H groups in total. The summed E-state index contributed by atoms with van der Waals surface area (Å²) in [6.45, 7) is 2.87. The van der Waals surface area contributed by atoms with Gasteiger partial charge in [-0.2, -0.15) is 0 Å². The molecule has 0 spiro atoms. The van der Waals surface area contributed by atoms with Gasteiger partial charge in [0.15, 0.2) is 10.1 Å². The fraction of sp³-hybridized carbons (Fsp3) is 0.161. The zero-order valence-electron chi connectivity index (χ0n) is 20.2. The second kappa shape index (κ2) is 10.0. The first-order valence-electron chi connectivity index (χ1n) is 12.2. The van der Waals surface area contributed by atoms with E-state index in [1.165, 1.54) is 4.90 Å². The molecule has 0 amide bonds. The number of hydrogen-bond acceptors (Lipinski definition) is 5. The monoisotopic (exact) mass is 542 g/mol. The highest BCUT2D eigenvalue weighted by Gasteiger charge is 2.24. The van der Waals surface area contributed by atoms with Gasteiger partial charge in [0.05, 0.1) is 0 Å². The second-order valence-electron chi connectivity index (χ2n) is 9.11. The van der Waals surface area contributed by atoms with E-state index in [1.54, 1.807) is 6.07 Å². The van der Waals surface area contributed by atoms with Gasteiger partial charge in [0, 0.05) is 21.6 Å². The van der Waals surface area contributed by atoms with Gasteiger partial charge >= 0.3 is 0 Å². The van der Waals surface area contributed by atoms with Crippen molar-refractivity contribution >= 4 is 46.3 Å². The molecule has 184 valence electrons. The van der Waals surface area contributed by atoms with Crippen molar-refractivity contribution in [3.05, 3.63) is 101 Å². The summed E-state index contributed by atoms with van der Waals surface area (Å²) in [4.78, 5) is 1.20. The van der Waals surface area contributed by atoms with Crippen molar-refractivity contribution < 1.29 is 13.9 Å². The van der Waals surface area contributed by atoms with Gasteiger partial charge in [-0.05, 0) is 112 Å². The molecule has 0 saturated carbocycles. The topological polar surface area (TPSA) is 18.5 Å². The van der Waals surface area contributed by atoms with E-state index >= 15 is 4.39 Å². The lowest BCUT2D eigenvalue weighted by atomic mass is 9.90. The number of hydrogen-bond donors (Lipinski definition) is 0. The van der Waals surface area contributed by atoms with Crippen LogP contribution in [0.15, 0.2) is 77.7 Å². The molecule has 0 aromatic heterocycles. The molecule has 37 heavy (non-hydrogen) atoms. The van der Waals surface area contributed by atoms with Crippen molar-refractivity contribution in [2.75, 3.05) is 5.75 Å². The summed E-state index contributed by atoms with van der Waals surface area (Å²) < 4.78 is 27.5. The minimum absolute atomic E-state index is 0.304. The Morgan fingerprint density at radius 3 is 2.24 bits per heavy atom. The lowest BCUT2D eigenvalue weighted by Gasteiger charge is -2.14. The molecule has 2 aliphatic rings. The van der Waals surface area contributed by atoms with E-state index in [1.807, 2.05) is 66.4 Å². The molecule has 2 heterocycles. The predicted octanol–water partition coefficient (Wildman–Crippen LogP) is 8.74. The lowest BCUT2D eigenvalue weighted by Crippen LogP contribution is -2.03. The van der Waals surface area contributed by atoms with Crippen LogP contribution in [-0.4, -0.2) is 15.9 Å². The molecule has 2 nitrogen and oxygen atoms in total. The van der Waals surface area contributed by atoms with Crippen LogP contribution >= 0.6 is 36.2 Å². The first-order chi connectivity index (χ1) is 18.0. The van der Waals surface area contributed by atoms with Gasteiger partial charge in [-0.25, -0.2) is 4.39 Å². The molecule has 0 aliphatic carbocycles. The quantitative estimate of drug-likeness (QED) is 0.189. The Morgan fingerprint density at radius 1 is 0.703 bits per heavy atom. The smallest absolute Gasteiger partial charge is 0.192 e. The van der Waals surface area contributed by atoms with Crippen molar-refractivity contribution in [2.24, 2.45) is 0 Å². The third kappa shape index (κ3) is 4.48. The van der Waals surface area contributed by atoms with E-state index in [9.17, 15) is 0 Å². The standard InChI is InChI=1S/C31H23FO2S3/c1-2-11-37-21-8-10-24-26(13-21)23-9-7-18(12-20(23)17-34-30(24)35)25-14-28-27(15-29(25)32)22-6-4-3-5-19(22)16-33-31(28)36/h3-10,12-15H,2,11,16-17H2,1H3. The average molecular weight is 543 g/mol. The van der Waals surface area contributed by atoms with E-state index in [-0.39, 0.29) is 5.82 Å². The first kappa shape index (κ1) is 24.3. The molecule has 0 atom stereocenters. The molecule has 4 aromatic carbocycles. The molecule has 0 fully saturated rings. The number of ether oxygens (including phenoxy) is 2. The lowest BCUT2D eigenvalue weighted by molar-refractivity contribution is 0.304. The maximum Gasteiger partial charge on any atom is 0.192 e. The van der Waals surface area contributed by atoms with Crippen LogP contribution in [0.2, 0.25) is 0 Å². The molecule has 2 aliphatic heterocycles. The summed E-state index contributed by atoms with van der Waals surface area (Å²) in [5.41, 5.74) is 8.65. The zero-order chi connectivity index (χ0) is 25.5. The van der Waals surface area contributed by atoms with Gasteiger partial charge in [-0.15, -0.1) is 11.8 Å². The SMILES string of the molecule is CCCSc1ccc2c(c1)-c1ccc(-c3cc4c(cc3F)-c3ccccc3COC4=S)cc1COC2=S. The molecule has 0 unspecified atom stereocenters. The van der Waals surface area contributed by atoms with Crippen LogP contribution in [0.1, 0.15) is 35.6 Å². The number of halogens is 1. The molecule has 6 heteroatoms. The van der Waals surface area contributed by atoms with Crippen LogP contribution in [0.4, 0.5) is 4.39 Å². The molecular weight excluding hydrogens is 520 g/mol. The normalized spacial score (nSPS) is 13.8. The second-order valence-corrected chi connectivity index (χ2v) is 11.0. The number of rotatable bonds is 4. The van der Waals surface area contributed by atoms with Crippen LogP contribution in [0, 0.1) is 5.82 Å². The largest absolute Gasteiger partial charge is 0.478 e. The predicted molar refractivity (Wildman–Crippen MR) is 157 cm³/mol. The summed E-state index contributed by atoms with van der Waals surface area (Å²) in [6, 6.07) is 23.6. The molecule has 0 saturated heterocycles. The number of benzene rings is 4. The molecular formula is C31H23FO2S3. The Morgan fingerprint density at radius 2 is 1.41 bits per heavy atom. The van der Waals surface area contributed by atoms with Crippen molar-refractivity contribution in [1.29, 1.82) is 0 Å². The molecule has 0 bridgehead atoms. The van der Waals surface area contributed by atoms with E-state index in [4.69, 9.17) is 33.9 Å². The Balaban J connectivity index is 1.46. The van der Waals surface area contributed by atoms with E-state index in [0.717, 1.165) is 62.2 Å². The Bertz CT molecular complexity index is 1580. The van der Waals surface area contributed by atoms with Crippen molar-refractivity contribution in [2.45, 2.75) is 31.5 Å². The van der Waals surface area contributed by atoms with Crippen LogP contribution < -0.4 is 0 Å². The third-order valence-electron chi connectivity index (χ3n) is 6.74. The van der Waals surface area contributed by atoms with Gasteiger partial charge in [0.2, 0.25) is 0 Å². The molecule has 4 aromatic rings. The Kier molecular flexibility index (Phi) is 6.57. The summed E-state index contributed by atoms with van der Waals surface area (Å²) in [6.07, 6.45) is 1.11. The summed E-state index contributed by atoms with van der Waals surface area (Å²) in [5.74, 6) is 0.751. The number of thiocarbonyl (C=S) groups is 2. The van der Waals surface area contributed by atoms with Crippen molar-refractivity contribution in [3.63, 3.8) is 0 Å². The fourth-order valence-electron chi connectivity index (χ4n) is 4.91. The minimum atomic E-state index is -0.304. The van der Waals surface area contributed by atoms with Gasteiger partial charge in [-0.3, -0.25) is 0 Å². The Hall–Kier alpha value is -3.06. The van der Waals surface area contributed by atoms with Crippen molar-refractivity contribution in [1.82, 2.24) is 0 Å². The zero-order valence-corrected chi connectivity index (χ0v) is 22.6. The van der Waals surface area contributed by atoms with E-state index in [0.29, 0.717) is 28.9 Å². The third-order valence-corrected chi connectivity index (χ3v) is 8.62. The highest BCUT2D eigenvalue weighted by atomic mass is 32.2. The van der Waals surface area contributed by atoms with Crippen LogP contribution in [0.25, 0.3) is 33.4 Å². The van der Waals surface area contributed by atoms with Gasteiger partial charge in [0.25, 0.3) is 0 Å². The first-order valence-corrected chi connectivity index (χ1v) is 14.0. The summed E-state index contributed by atoms with van der Waals surface area (Å²) in [7, 11) is 0. The van der Waals surface area contributed by atoms with Gasteiger partial charge in [0.1, 0.15) is 19.0 Å². The Labute approximate surface area is 230 Å². The van der Waals surface area contributed by atoms with E-state index < -0.39 is 0 Å². The van der Waals surface area contributed by atoms with Gasteiger partial charge in [-0.1, -0.05) is 43.3 Å². The fourth-order valence-corrected chi connectivity index (χ4v) is 6.18. The highest BCUT2D eigenvalue weighted by molar-refractivity contribution is 7.99. The summed E-state index contributed by atoms with van der Waals surface area (Å²) in [5, 5.41) is 0.860. The number of fused-ring (bicyclic) bond motifs is 6. The maximum absolute atomic E-state index is 15.7. The van der Waals surface area contributed by atoms with Gasteiger partial charge < -0.3 is 9.47 Å². The van der Waals surface area contributed by atoms with Crippen LogP contribution in [0.5, 0.6) is 0 Å². The van der Waals surface area contributed by atoms with Crippen LogP contribution in [0.3, 0.4) is 0 Å². The average Bonchev–Trinajstić information content (AvgIpc) is 3.15. The molecule has 6 rings (SSSR count). The number of thioether (sulfide) groups is 1. The van der Waals surface area contributed by atoms with Crippen molar-refractivity contribution in [3.8, 4) is 33.4 Å². The van der Waals surface area contributed by atoms with Crippen LogP contribution in [-0.2, 0) is 22.7 Å². The molecule has 0 radical (unpaired) electrons. The minimum Gasteiger partial charge on any atom is -0.478 e. The highest BCUT2D eigenvalue weighted by Crippen LogP contribution is 2.40. The summed E-state index contributed by atoms with van der Waals surface area (Å²) >= 11 is 13.0.